The van der Waals surface area contributed by atoms with Gasteiger partial charge in [-0.15, -0.1) is 12.8 Å². The van der Waals surface area contributed by atoms with E-state index in [4.69, 9.17) is 12.8 Å². The highest BCUT2D eigenvalue weighted by atomic mass is 15.3. The molecular formula is C21H31N. The van der Waals surface area contributed by atoms with Gasteiger partial charge in [-0.2, -0.15) is 0 Å². The van der Waals surface area contributed by atoms with E-state index in [1.807, 2.05) is 0 Å². The second kappa shape index (κ2) is 9.55. The molecule has 0 saturated carbocycles. The first-order valence-electron chi connectivity index (χ1n) is 8.55. The van der Waals surface area contributed by atoms with E-state index < -0.39 is 0 Å². The molecule has 1 heterocycles. The predicted molar refractivity (Wildman–Crippen MR) is 97.5 cm³/mol. The van der Waals surface area contributed by atoms with Gasteiger partial charge in [0.15, 0.2) is 0 Å². The summed E-state index contributed by atoms with van der Waals surface area (Å²) in [6.45, 7) is 12.6. The van der Waals surface area contributed by atoms with Crippen molar-refractivity contribution in [2.45, 2.75) is 70.3 Å². The van der Waals surface area contributed by atoms with E-state index in [2.05, 4.69) is 36.8 Å². The van der Waals surface area contributed by atoms with Crippen LogP contribution in [0, 0.1) is 24.7 Å². The molecule has 0 aromatic carbocycles. The smallest absolute Gasteiger partial charge is 0.0309 e. The number of unbranched alkanes of at least 4 members (excludes halogenated alkanes) is 4. The van der Waals surface area contributed by atoms with Crippen LogP contribution in [0.5, 0.6) is 0 Å². The Labute approximate surface area is 137 Å². The lowest BCUT2D eigenvalue weighted by atomic mass is 10.0. The van der Waals surface area contributed by atoms with Gasteiger partial charge in [0.25, 0.3) is 0 Å². The summed E-state index contributed by atoms with van der Waals surface area (Å²) >= 11 is 0. The molecule has 0 amide bonds. The fourth-order valence-electron chi connectivity index (χ4n) is 2.95. The number of terminal acetylenes is 2. The number of hydrogen-bond donors (Lipinski definition) is 0. The SMILES string of the molecule is C#CC(=C)CCCCCN1CC1(C)CCCCCC(=C)C#C. The molecule has 1 saturated heterocycles. The maximum absolute atomic E-state index is 5.31. The quantitative estimate of drug-likeness (QED) is 0.280. The third-order valence-electron chi connectivity index (χ3n) is 4.70. The minimum atomic E-state index is 0.464. The Morgan fingerprint density at radius 2 is 1.50 bits per heavy atom. The van der Waals surface area contributed by atoms with Crippen LogP contribution in [0.2, 0.25) is 0 Å². The van der Waals surface area contributed by atoms with E-state index in [0.717, 1.165) is 24.0 Å². The number of allylic oxidation sites excluding steroid dienone is 2. The molecule has 0 radical (unpaired) electrons. The molecule has 1 aliphatic rings. The van der Waals surface area contributed by atoms with Gasteiger partial charge in [-0.05, 0) is 63.1 Å². The molecule has 2 unspecified atom stereocenters. The van der Waals surface area contributed by atoms with Crippen LogP contribution in [0.4, 0.5) is 0 Å². The first-order valence-corrected chi connectivity index (χ1v) is 8.55. The van der Waals surface area contributed by atoms with E-state index in [9.17, 15) is 0 Å². The molecule has 2 atom stereocenters. The van der Waals surface area contributed by atoms with Crippen LogP contribution in [0.25, 0.3) is 0 Å². The highest BCUT2D eigenvalue weighted by molar-refractivity contribution is 5.21. The fourth-order valence-corrected chi connectivity index (χ4v) is 2.95. The van der Waals surface area contributed by atoms with Gasteiger partial charge in [0.05, 0.1) is 0 Å². The van der Waals surface area contributed by atoms with Gasteiger partial charge >= 0.3 is 0 Å². The topological polar surface area (TPSA) is 3.01 Å². The molecule has 0 spiro atoms. The molecular weight excluding hydrogens is 266 g/mol. The van der Waals surface area contributed by atoms with Gasteiger partial charge in [0, 0.05) is 12.1 Å². The largest absolute Gasteiger partial charge is 0.295 e. The van der Waals surface area contributed by atoms with Crippen molar-refractivity contribution >= 4 is 0 Å². The van der Waals surface area contributed by atoms with Crippen molar-refractivity contribution in [2.24, 2.45) is 0 Å². The molecule has 1 heteroatoms. The molecule has 1 rings (SSSR count). The van der Waals surface area contributed by atoms with Crippen molar-refractivity contribution in [1.82, 2.24) is 4.90 Å². The summed E-state index contributed by atoms with van der Waals surface area (Å²) in [5, 5.41) is 0. The summed E-state index contributed by atoms with van der Waals surface area (Å²) < 4.78 is 0. The second-order valence-corrected chi connectivity index (χ2v) is 6.79. The lowest BCUT2D eigenvalue weighted by molar-refractivity contribution is 0.382. The average Bonchev–Trinajstić information content (AvgIpc) is 3.16. The molecule has 1 nitrogen and oxygen atoms in total. The maximum Gasteiger partial charge on any atom is 0.0309 e. The zero-order chi connectivity index (χ0) is 16.4. The first kappa shape index (κ1) is 18.6. The van der Waals surface area contributed by atoms with Crippen molar-refractivity contribution in [1.29, 1.82) is 0 Å². The average molecular weight is 297 g/mol. The Balaban J connectivity index is 1.99. The minimum Gasteiger partial charge on any atom is -0.295 e. The zero-order valence-corrected chi connectivity index (χ0v) is 14.3. The van der Waals surface area contributed by atoms with Gasteiger partial charge in [-0.25, -0.2) is 0 Å². The molecule has 22 heavy (non-hydrogen) atoms. The molecule has 0 N–H and O–H groups in total. The van der Waals surface area contributed by atoms with Crippen molar-refractivity contribution in [3.8, 4) is 24.7 Å². The van der Waals surface area contributed by atoms with Crippen molar-refractivity contribution in [3.05, 3.63) is 24.3 Å². The molecule has 0 aliphatic carbocycles. The summed E-state index contributed by atoms with van der Waals surface area (Å²) in [5.74, 6) is 5.23. The molecule has 120 valence electrons. The Morgan fingerprint density at radius 1 is 0.955 bits per heavy atom. The standard InChI is InChI=1S/C21H31N/c1-6-19(3)14-10-8-12-16-21(5)18-22(21)17-13-9-11-15-20(4)7-2/h1-2H,3-4,8-18H2,5H3. The fraction of sp³-hybridized carbons (Fsp3) is 0.619. The number of hydrogen-bond acceptors (Lipinski definition) is 1. The highest BCUT2D eigenvalue weighted by Gasteiger charge is 2.45. The van der Waals surface area contributed by atoms with Crippen LogP contribution in [0.15, 0.2) is 24.3 Å². The zero-order valence-electron chi connectivity index (χ0n) is 14.3. The molecule has 1 fully saturated rings. The third kappa shape index (κ3) is 7.02. The molecule has 0 aromatic rings. The van der Waals surface area contributed by atoms with Crippen LogP contribution in [-0.2, 0) is 0 Å². The Kier molecular flexibility index (Phi) is 8.08. The lowest BCUT2D eigenvalue weighted by Crippen LogP contribution is -2.15. The van der Waals surface area contributed by atoms with E-state index >= 15 is 0 Å². The Hall–Kier alpha value is -1.44. The van der Waals surface area contributed by atoms with Crippen LogP contribution < -0.4 is 0 Å². The molecule has 0 bridgehead atoms. The highest BCUT2D eigenvalue weighted by Crippen LogP contribution is 2.37. The predicted octanol–water partition coefficient (Wildman–Crippen LogP) is 4.95. The third-order valence-corrected chi connectivity index (χ3v) is 4.70. The minimum absolute atomic E-state index is 0.464. The van der Waals surface area contributed by atoms with Crippen molar-refractivity contribution in [3.63, 3.8) is 0 Å². The maximum atomic E-state index is 5.31. The first-order chi connectivity index (χ1) is 10.5. The van der Waals surface area contributed by atoms with Crippen LogP contribution >= 0.6 is 0 Å². The van der Waals surface area contributed by atoms with Gasteiger partial charge in [-0.3, -0.25) is 4.90 Å². The number of rotatable bonds is 12. The summed E-state index contributed by atoms with van der Waals surface area (Å²) in [5.41, 5.74) is 2.33. The van der Waals surface area contributed by atoms with E-state index in [-0.39, 0.29) is 0 Å². The normalized spacial score (nSPS) is 22.6. The summed E-state index contributed by atoms with van der Waals surface area (Å²) in [6.07, 6.45) is 21.3. The van der Waals surface area contributed by atoms with Gasteiger partial charge in [0.1, 0.15) is 0 Å². The van der Waals surface area contributed by atoms with Crippen LogP contribution in [0.3, 0.4) is 0 Å². The van der Waals surface area contributed by atoms with E-state index in [0.29, 0.717) is 5.54 Å². The molecule has 0 aromatic heterocycles. The van der Waals surface area contributed by atoms with Gasteiger partial charge < -0.3 is 0 Å². The van der Waals surface area contributed by atoms with Gasteiger partial charge in [0.2, 0.25) is 0 Å². The molecule has 1 aliphatic heterocycles. The van der Waals surface area contributed by atoms with Crippen LogP contribution in [0.1, 0.15) is 64.7 Å². The Morgan fingerprint density at radius 3 is 2.05 bits per heavy atom. The monoisotopic (exact) mass is 297 g/mol. The summed E-state index contributed by atoms with van der Waals surface area (Å²) in [7, 11) is 0. The lowest BCUT2D eigenvalue weighted by Gasteiger charge is -2.12. The van der Waals surface area contributed by atoms with Crippen LogP contribution in [-0.4, -0.2) is 23.5 Å². The van der Waals surface area contributed by atoms with E-state index in [1.54, 1.807) is 0 Å². The van der Waals surface area contributed by atoms with E-state index in [1.165, 1.54) is 58.0 Å². The summed E-state index contributed by atoms with van der Waals surface area (Å²) in [6, 6.07) is 0. The van der Waals surface area contributed by atoms with Crippen molar-refractivity contribution in [2.75, 3.05) is 13.1 Å². The van der Waals surface area contributed by atoms with Gasteiger partial charge in [-0.1, -0.05) is 44.3 Å². The Bertz CT molecular complexity index is 459. The number of nitrogens with zero attached hydrogens (tertiary/aromatic N) is 1. The van der Waals surface area contributed by atoms with Crippen molar-refractivity contribution < 1.29 is 0 Å². The summed E-state index contributed by atoms with van der Waals surface area (Å²) in [4.78, 5) is 2.61. The second-order valence-electron chi connectivity index (χ2n) is 6.79.